The van der Waals surface area contributed by atoms with Gasteiger partial charge in [0.05, 0.1) is 19.1 Å². The molecule has 3 atom stereocenters. The minimum absolute atomic E-state index is 0.258. The second-order valence-corrected chi connectivity index (χ2v) is 5.07. The SMILES string of the molecule is O=C([O-])CC[C@@H]1CCC[NH+]2CCCC[C@H]12. The first kappa shape index (κ1) is 10.9. The summed E-state index contributed by atoms with van der Waals surface area (Å²) in [6.07, 6.45) is 7.64. The number of carboxylic acids is 1. The summed E-state index contributed by atoms with van der Waals surface area (Å²) in [6, 6.07) is 0.756. The Morgan fingerprint density at radius 1 is 1.20 bits per heavy atom. The van der Waals surface area contributed by atoms with Crippen molar-refractivity contribution in [3.8, 4) is 0 Å². The van der Waals surface area contributed by atoms with Crippen LogP contribution in [0.1, 0.15) is 44.9 Å². The Morgan fingerprint density at radius 2 is 2.00 bits per heavy atom. The van der Waals surface area contributed by atoms with E-state index in [1.807, 2.05) is 0 Å². The number of hydrogen-bond donors (Lipinski definition) is 1. The normalized spacial score (nSPS) is 35.9. The van der Waals surface area contributed by atoms with Crippen molar-refractivity contribution in [3.63, 3.8) is 0 Å². The molecule has 1 N–H and O–H groups in total. The summed E-state index contributed by atoms with van der Waals surface area (Å²) < 4.78 is 0. The molecular weight excluding hydrogens is 190 g/mol. The summed E-state index contributed by atoms with van der Waals surface area (Å²) in [5.41, 5.74) is 0. The molecule has 2 aliphatic heterocycles. The molecular formula is C12H21NO2. The van der Waals surface area contributed by atoms with Gasteiger partial charge in [-0.1, -0.05) is 0 Å². The monoisotopic (exact) mass is 211 g/mol. The molecule has 0 aromatic rings. The molecule has 0 aliphatic carbocycles. The van der Waals surface area contributed by atoms with Gasteiger partial charge in [0, 0.05) is 11.9 Å². The topological polar surface area (TPSA) is 44.6 Å². The summed E-state index contributed by atoms with van der Waals surface area (Å²) in [5.74, 6) is -0.232. The fourth-order valence-corrected chi connectivity index (χ4v) is 3.43. The van der Waals surface area contributed by atoms with Crippen molar-refractivity contribution >= 4 is 5.97 Å². The van der Waals surface area contributed by atoms with Crippen molar-refractivity contribution in [1.29, 1.82) is 0 Å². The third-order valence-electron chi connectivity index (χ3n) is 4.15. The molecule has 15 heavy (non-hydrogen) atoms. The van der Waals surface area contributed by atoms with Gasteiger partial charge in [0.25, 0.3) is 0 Å². The lowest BCUT2D eigenvalue weighted by Gasteiger charge is -2.41. The Hall–Kier alpha value is -0.570. The Bertz CT molecular complexity index is 228. The number of carboxylic acid groups (broad SMARTS) is 1. The molecule has 0 saturated carbocycles. The largest absolute Gasteiger partial charge is 0.550 e. The molecule has 3 nitrogen and oxygen atoms in total. The molecule has 3 heteroatoms. The zero-order valence-electron chi connectivity index (χ0n) is 9.34. The van der Waals surface area contributed by atoms with Crippen LogP contribution in [0.25, 0.3) is 0 Å². The number of hydrogen-bond acceptors (Lipinski definition) is 2. The third kappa shape index (κ3) is 2.71. The number of aliphatic carboxylic acids is 1. The molecule has 0 spiro atoms. The second kappa shape index (κ2) is 4.97. The van der Waals surface area contributed by atoms with Gasteiger partial charge >= 0.3 is 0 Å². The number of carbonyl (C=O) groups excluding carboxylic acids is 1. The van der Waals surface area contributed by atoms with E-state index in [0.29, 0.717) is 5.92 Å². The van der Waals surface area contributed by atoms with E-state index in [9.17, 15) is 9.90 Å². The van der Waals surface area contributed by atoms with Crippen LogP contribution in [0.3, 0.4) is 0 Å². The molecule has 2 rings (SSSR count). The molecule has 2 aliphatic rings. The zero-order valence-corrected chi connectivity index (χ0v) is 9.34. The van der Waals surface area contributed by atoms with Crippen LogP contribution in [0.4, 0.5) is 0 Å². The van der Waals surface area contributed by atoms with Gasteiger partial charge in [-0.05, 0) is 44.9 Å². The Morgan fingerprint density at radius 3 is 2.80 bits per heavy atom. The first-order valence-corrected chi connectivity index (χ1v) is 6.32. The van der Waals surface area contributed by atoms with Gasteiger partial charge in [-0.3, -0.25) is 0 Å². The molecule has 86 valence electrons. The highest BCUT2D eigenvalue weighted by Crippen LogP contribution is 2.24. The zero-order chi connectivity index (χ0) is 10.7. The molecule has 0 bridgehead atoms. The Balaban J connectivity index is 1.88. The smallest absolute Gasteiger partial charge is 0.0903 e. The highest BCUT2D eigenvalue weighted by Gasteiger charge is 2.35. The van der Waals surface area contributed by atoms with Gasteiger partial charge in [-0.15, -0.1) is 0 Å². The van der Waals surface area contributed by atoms with E-state index in [4.69, 9.17) is 0 Å². The fraction of sp³-hybridized carbons (Fsp3) is 0.917. The predicted molar refractivity (Wildman–Crippen MR) is 55.3 cm³/mol. The van der Waals surface area contributed by atoms with Gasteiger partial charge in [0.1, 0.15) is 0 Å². The van der Waals surface area contributed by atoms with Crippen LogP contribution in [0.5, 0.6) is 0 Å². The van der Waals surface area contributed by atoms with E-state index in [0.717, 1.165) is 12.5 Å². The van der Waals surface area contributed by atoms with E-state index < -0.39 is 5.97 Å². The van der Waals surface area contributed by atoms with Crippen molar-refractivity contribution in [3.05, 3.63) is 0 Å². The number of fused-ring (bicyclic) bond motifs is 1. The van der Waals surface area contributed by atoms with Gasteiger partial charge in [0.15, 0.2) is 0 Å². The standard InChI is InChI=1S/C12H21NO2/c14-12(15)7-6-10-4-3-9-13-8-2-1-5-11(10)13/h10-11H,1-9H2,(H,14,15)/t10-,11+/m0/s1. The molecule has 0 radical (unpaired) electrons. The number of carbonyl (C=O) groups is 1. The average molecular weight is 211 g/mol. The van der Waals surface area contributed by atoms with E-state index in [1.165, 1.54) is 45.2 Å². The number of piperidine rings is 2. The van der Waals surface area contributed by atoms with Crippen LogP contribution in [0.15, 0.2) is 0 Å². The summed E-state index contributed by atoms with van der Waals surface area (Å²) in [5, 5.41) is 10.5. The van der Waals surface area contributed by atoms with Crippen LogP contribution in [-0.2, 0) is 4.79 Å². The fourth-order valence-electron chi connectivity index (χ4n) is 3.43. The van der Waals surface area contributed by atoms with Crippen LogP contribution >= 0.6 is 0 Å². The molecule has 0 aromatic heterocycles. The molecule has 0 aromatic carbocycles. The van der Waals surface area contributed by atoms with Gasteiger partial charge in [-0.25, -0.2) is 0 Å². The number of rotatable bonds is 3. The molecule has 2 fully saturated rings. The van der Waals surface area contributed by atoms with Crippen molar-refractivity contribution in [2.75, 3.05) is 13.1 Å². The third-order valence-corrected chi connectivity index (χ3v) is 4.15. The predicted octanol–water partition coefficient (Wildman–Crippen LogP) is -0.636. The second-order valence-electron chi connectivity index (χ2n) is 5.07. The van der Waals surface area contributed by atoms with Crippen molar-refractivity contribution in [1.82, 2.24) is 0 Å². The van der Waals surface area contributed by atoms with E-state index in [1.54, 1.807) is 4.90 Å². The van der Waals surface area contributed by atoms with Crippen LogP contribution in [0.2, 0.25) is 0 Å². The molecule has 2 saturated heterocycles. The first-order valence-electron chi connectivity index (χ1n) is 6.32. The van der Waals surface area contributed by atoms with Gasteiger partial charge < -0.3 is 14.8 Å². The Kier molecular flexibility index (Phi) is 3.62. The summed E-state index contributed by atoms with van der Waals surface area (Å²) in [6.45, 7) is 2.62. The van der Waals surface area contributed by atoms with E-state index in [-0.39, 0.29) is 6.42 Å². The first-order chi connectivity index (χ1) is 7.27. The van der Waals surface area contributed by atoms with Crippen molar-refractivity contribution in [2.45, 2.75) is 51.0 Å². The summed E-state index contributed by atoms with van der Waals surface area (Å²) in [4.78, 5) is 12.2. The molecule has 1 unspecified atom stereocenters. The van der Waals surface area contributed by atoms with E-state index >= 15 is 0 Å². The van der Waals surface area contributed by atoms with Crippen molar-refractivity contribution in [2.24, 2.45) is 5.92 Å². The molecule has 2 heterocycles. The summed E-state index contributed by atoms with van der Waals surface area (Å²) >= 11 is 0. The number of quaternary nitrogens is 1. The minimum Gasteiger partial charge on any atom is -0.550 e. The Labute approximate surface area is 91.5 Å². The average Bonchev–Trinajstić information content (AvgIpc) is 2.26. The van der Waals surface area contributed by atoms with Crippen LogP contribution in [0, 0.1) is 5.92 Å². The highest BCUT2D eigenvalue weighted by atomic mass is 16.4. The lowest BCUT2D eigenvalue weighted by Crippen LogP contribution is -3.18. The maximum Gasteiger partial charge on any atom is 0.0903 e. The van der Waals surface area contributed by atoms with Crippen LogP contribution < -0.4 is 10.0 Å². The van der Waals surface area contributed by atoms with Crippen molar-refractivity contribution < 1.29 is 14.8 Å². The van der Waals surface area contributed by atoms with Gasteiger partial charge in [-0.2, -0.15) is 0 Å². The summed E-state index contributed by atoms with van der Waals surface area (Å²) in [7, 11) is 0. The molecule has 0 amide bonds. The maximum absolute atomic E-state index is 10.5. The minimum atomic E-state index is -0.877. The quantitative estimate of drug-likeness (QED) is 0.675. The lowest BCUT2D eigenvalue weighted by molar-refractivity contribution is -0.940. The van der Waals surface area contributed by atoms with Gasteiger partial charge in [0.2, 0.25) is 0 Å². The highest BCUT2D eigenvalue weighted by molar-refractivity contribution is 5.64. The maximum atomic E-state index is 10.5. The number of nitrogens with one attached hydrogen (secondary N) is 1. The van der Waals surface area contributed by atoms with Crippen LogP contribution in [-0.4, -0.2) is 25.1 Å². The lowest BCUT2D eigenvalue weighted by atomic mass is 9.81. The van der Waals surface area contributed by atoms with E-state index in [2.05, 4.69) is 0 Å².